The number of aryl methyl sites for hydroxylation is 1. The maximum atomic E-state index is 9.94. The zero-order valence-electron chi connectivity index (χ0n) is 12.2. The minimum absolute atomic E-state index is 0.0693. The van der Waals surface area contributed by atoms with Gasteiger partial charge in [0.25, 0.3) is 0 Å². The average molecular weight is 271 g/mol. The van der Waals surface area contributed by atoms with Crippen molar-refractivity contribution in [2.75, 3.05) is 7.11 Å². The molecule has 0 heterocycles. The number of phenolic OH excluding ortho intramolecular Hbond substituents is 1. The summed E-state index contributed by atoms with van der Waals surface area (Å²) in [4.78, 5) is 0. The molecule has 0 aliphatic rings. The molecular weight excluding hydrogens is 250 g/mol. The molecule has 0 radical (unpaired) electrons. The minimum Gasteiger partial charge on any atom is -0.508 e. The zero-order valence-corrected chi connectivity index (χ0v) is 12.2. The van der Waals surface area contributed by atoms with Crippen molar-refractivity contribution in [3.63, 3.8) is 0 Å². The summed E-state index contributed by atoms with van der Waals surface area (Å²) in [6.07, 6.45) is 0. The summed E-state index contributed by atoms with van der Waals surface area (Å²) in [6.45, 7) is 4.76. The summed E-state index contributed by atoms with van der Waals surface area (Å²) < 4.78 is 5.34. The molecule has 0 saturated heterocycles. The van der Waals surface area contributed by atoms with E-state index in [1.165, 1.54) is 0 Å². The summed E-state index contributed by atoms with van der Waals surface area (Å²) >= 11 is 0. The van der Waals surface area contributed by atoms with Crippen molar-refractivity contribution in [1.82, 2.24) is 5.32 Å². The minimum atomic E-state index is 0.0693. The summed E-state index contributed by atoms with van der Waals surface area (Å²) in [7, 11) is 1.68. The number of rotatable bonds is 5. The topological polar surface area (TPSA) is 41.5 Å². The molecule has 0 aliphatic heterocycles. The molecule has 2 aromatic rings. The van der Waals surface area contributed by atoms with E-state index >= 15 is 0 Å². The number of benzene rings is 2. The summed E-state index contributed by atoms with van der Waals surface area (Å²) in [5.41, 5.74) is 3.16. The SMILES string of the molecule is COc1ccccc1CNC(C)c1cc(C)ccc1O. The first-order chi connectivity index (χ1) is 9.61. The Hall–Kier alpha value is -2.00. The van der Waals surface area contributed by atoms with Gasteiger partial charge in [0.1, 0.15) is 11.5 Å². The Morgan fingerprint density at radius 2 is 1.95 bits per heavy atom. The van der Waals surface area contributed by atoms with Crippen molar-refractivity contribution in [3.05, 3.63) is 59.2 Å². The van der Waals surface area contributed by atoms with Crippen LogP contribution in [0.2, 0.25) is 0 Å². The summed E-state index contributed by atoms with van der Waals surface area (Å²) in [6, 6.07) is 13.7. The highest BCUT2D eigenvalue weighted by atomic mass is 16.5. The predicted octanol–water partition coefficient (Wildman–Crippen LogP) is 3.56. The number of phenols is 1. The summed E-state index contributed by atoms with van der Waals surface area (Å²) in [5.74, 6) is 1.20. The maximum absolute atomic E-state index is 9.94. The van der Waals surface area contributed by atoms with Crippen molar-refractivity contribution in [2.45, 2.75) is 26.4 Å². The van der Waals surface area contributed by atoms with Gasteiger partial charge in [-0.05, 0) is 26.0 Å². The molecule has 2 N–H and O–H groups in total. The van der Waals surface area contributed by atoms with Crippen LogP contribution < -0.4 is 10.1 Å². The van der Waals surface area contributed by atoms with E-state index in [1.54, 1.807) is 13.2 Å². The Labute approximate surface area is 120 Å². The van der Waals surface area contributed by atoms with Gasteiger partial charge in [0.15, 0.2) is 0 Å². The fraction of sp³-hybridized carbons (Fsp3) is 0.294. The van der Waals surface area contributed by atoms with Gasteiger partial charge in [0.05, 0.1) is 7.11 Å². The van der Waals surface area contributed by atoms with Gasteiger partial charge in [0, 0.05) is 23.7 Å². The molecule has 3 nitrogen and oxygen atoms in total. The van der Waals surface area contributed by atoms with E-state index in [9.17, 15) is 5.11 Å². The van der Waals surface area contributed by atoms with E-state index in [-0.39, 0.29) is 6.04 Å². The van der Waals surface area contributed by atoms with E-state index in [2.05, 4.69) is 5.32 Å². The molecule has 3 heteroatoms. The van der Waals surface area contributed by atoms with Crippen LogP contribution in [0.15, 0.2) is 42.5 Å². The Morgan fingerprint density at radius 3 is 2.70 bits per heavy atom. The number of ether oxygens (including phenoxy) is 1. The van der Waals surface area contributed by atoms with Gasteiger partial charge >= 0.3 is 0 Å². The van der Waals surface area contributed by atoms with Gasteiger partial charge in [-0.25, -0.2) is 0 Å². The lowest BCUT2D eigenvalue weighted by atomic mass is 10.0. The first-order valence-corrected chi connectivity index (χ1v) is 6.76. The lowest BCUT2D eigenvalue weighted by Gasteiger charge is -2.17. The highest BCUT2D eigenvalue weighted by molar-refractivity contribution is 5.38. The molecule has 0 amide bonds. The highest BCUT2D eigenvalue weighted by Crippen LogP contribution is 2.26. The molecule has 0 aromatic heterocycles. The van der Waals surface area contributed by atoms with Gasteiger partial charge in [-0.1, -0.05) is 35.9 Å². The van der Waals surface area contributed by atoms with E-state index in [0.717, 1.165) is 22.4 Å². The lowest BCUT2D eigenvalue weighted by molar-refractivity contribution is 0.405. The molecule has 1 unspecified atom stereocenters. The molecule has 0 aliphatic carbocycles. The standard InChI is InChI=1S/C17H21NO2/c1-12-8-9-16(19)15(10-12)13(2)18-11-14-6-4-5-7-17(14)20-3/h4-10,13,18-19H,11H2,1-3H3. The van der Waals surface area contributed by atoms with Crippen molar-refractivity contribution in [3.8, 4) is 11.5 Å². The van der Waals surface area contributed by atoms with E-state index < -0.39 is 0 Å². The number of para-hydroxylation sites is 1. The van der Waals surface area contributed by atoms with E-state index in [1.807, 2.05) is 50.2 Å². The van der Waals surface area contributed by atoms with Crippen LogP contribution in [0.1, 0.15) is 29.7 Å². The molecule has 0 bridgehead atoms. The number of hydrogen-bond acceptors (Lipinski definition) is 3. The fourth-order valence-electron chi connectivity index (χ4n) is 2.24. The maximum Gasteiger partial charge on any atom is 0.123 e. The second kappa shape index (κ2) is 6.44. The second-order valence-electron chi connectivity index (χ2n) is 4.98. The fourth-order valence-corrected chi connectivity index (χ4v) is 2.24. The van der Waals surface area contributed by atoms with Crippen LogP contribution in [-0.2, 0) is 6.54 Å². The van der Waals surface area contributed by atoms with Crippen LogP contribution in [0.4, 0.5) is 0 Å². The Kier molecular flexibility index (Phi) is 4.64. The summed E-state index contributed by atoms with van der Waals surface area (Å²) in [5, 5.41) is 13.4. The molecule has 0 fully saturated rings. The van der Waals surface area contributed by atoms with Crippen molar-refractivity contribution >= 4 is 0 Å². The Morgan fingerprint density at radius 1 is 1.20 bits per heavy atom. The third-order valence-corrected chi connectivity index (χ3v) is 3.44. The van der Waals surface area contributed by atoms with Crippen LogP contribution in [-0.4, -0.2) is 12.2 Å². The zero-order chi connectivity index (χ0) is 14.5. The van der Waals surface area contributed by atoms with Gasteiger partial charge in [-0.2, -0.15) is 0 Å². The van der Waals surface area contributed by atoms with Crippen molar-refractivity contribution in [2.24, 2.45) is 0 Å². The molecule has 20 heavy (non-hydrogen) atoms. The number of methoxy groups -OCH3 is 1. The monoisotopic (exact) mass is 271 g/mol. The smallest absolute Gasteiger partial charge is 0.123 e. The van der Waals surface area contributed by atoms with E-state index in [0.29, 0.717) is 12.3 Å². The van der Waals surface area contributed by atoms with Crippen LogP contribution in [0.25, 0.3) is 0 Å². The van der Waals surface area contributed by atoms with Crippen LogP contribution in [0.3, 0.4) is 0 Å². The molecule has 2 aromatic carbocycles. The average Bonchev–Trinajstić information content (AvgIpc) is 2.47. The Balaban J connectivity index is 2.08. The lowest BCUT2D eigenvalue weighted by Crippen LogP contribution is -2.18. The second-order valence-corrected chi connectivity index (χ2v) is 4.98. The van der Waals surface area contributed by atoms with Gasteiger partial charge < -0.3 is 15.2 Å². The highest BCUT2D eigenvalue weighted by Gasteiger charge is 2.11. The molecule has 2 rings (SSSR count). The van der Waals surface area contributed by atoms with Crippen molar-refractivity contribution in [1.29, 1.82) is 0 Å². The molecule has 0 spiro atoms. The van der Waals surface area contributed by atoms with Crippen LogP contribution in [0, 0.1) is 6.92 Å². The third kappa shape index (κ3) is 3.31. The third-order valence-electron chi connectivity index (χ3n) is 3.44. The molecule has 106 valence electrons. The normalized spacial score (nSPS) is 12.2. The molecule has 1 atom stereocenters. The Bertz CT molecular complexity index is 581. The van der Waals surface area contributed by atoms with E-state index in [4.69, 9.17) is 4.74 Å². The number of aromatic hydroxyl groups is 1. The quantitative estimate of drug-likeness (QED) is 0.873. The van der Waals surface area contributed by atoms with Gasteiger partial charge in [-0.15, -0.1) is 0 Å². The largest absolute Gasteiger partial charge is 0.508 e. The van der Waals surface area contributed by atoms with Gasteiger partial charge in [0.2, 0.25) is 0 Å². The predicted molar refractivity (Wildman–Crippen MR) is 81.1 cm³/mol. The molecular formula is C17H21NO2. The first-order valence-electron chi connectivity index (χ1n) is 6.76. The number of hydrogen-bond donors (Lipinski definition) is 2. The first kappa shape index (κ1) is 14.4. The van der Waals surface area contributed by atoms with Crippen LogP contribution in [0.5, 0.6) is 11.5 Å². The number of nitrogens with one attached hydrogen (secondary N) is 1. The van der Waals surface area contributed by atoms with Crippen LogP contribution >= 0.6 is 0 Å². The molecule has 0 saturated carbocycles. The van der Waals surface area contributed by atoms with Crippen molar-refractivity contribution < 1.29 is 9.84 Å². The van der Waals surface area contributed by atoms with Gasteiger partial charge in [-0.3, -0.25) is 0 Å².